The van der Waals surface area contributed by atoms with Gasteiger partial charge >= 0.3 is 0 Å². The molecule has 0 aliphatic heterocycles. The van der Waals surface area contributed by atoms with Crippen molar-refractivity contribution in [2.24, 2.45) is 16.9 Å². The fourth-order valence-corrected chi connectivity index (χ4v) is 1.81. The monoisotopic (exact) mass is 307 g/mol. The van der Waals surface area contributed by atoms with E-state index in [1.165, 1.54) is 0 Å². The standard InChI is InChI=1S/C15H34N2O3.H3N/c1-3-9-18-12-15(4-2,13-19-10-5-7-16)14-20-11-6-8-17;/h3-14,16-17H2,1-2H3;1H3. The molecule has 130 valence electrons. The summed E-state index contributed by atoms with van der Waals surface area (Å²) in [6.45, 7) is 9.80. The summed E-state index contributed by atoms with van der Waals surface area (Å²) < 4.78 is 17.3. The minimum Gasteiger partial charge on any atom is -0.381 e. The van der Waals surface area contributed by atoms with Crippen LogP contribution in [0.3, 0.4) is 0 Å². The minimum absolute atomic E-state index is 0. The van der Waals surface area contributed by atoms with Crippen molar-refractivity contribution in [3.05, 3.63) is 0 Å². The fourth-order valence-electron chi connectivity index (χ4n) is 1.81. The van der Waals surface area contributed by atoms with E-state index in [0.717, 1.165) is 32.3 Å². The largest absolute Gasteiger partial charge is 0.381 e. The maximum Gasteiger partial charge on any atom is 0.0566 e. The zero-order valence-corrected chi connectivity index (χ0v) is 14.1. The Kier molecular flexibility index (Phi) is 17.7. The van der Waals surface area contributed by atoms with E-state index >= 15 is 0 Å². The van der Waals surface area contributed by atoms with Crippen molar-refractivity contribution >= 4 is 0 Å². The molecule has 0 heterocycles. The Hall–Kier alpha value is -0.240. The van der Waals surface area contributed by atoms with Crippen LogP contribution in [0.1, 0.15) is 39.5 Å². The third-order valence-electron chi connectivity index (χ3n) is 3.31. The van der Waals surface area contributed by atoms with E-state index in [2.05, 4.69) is 13.8 Å². The van der Waals surface area contributed by atoms with Crippen LogP contribution in [0, 0.1) is 5.41 Å². The summed E-state index contributed by atoms with van der Waals surface area (Å²) in [6.07, 6.45) is 3.79. The van der Waals surface area contributed by atoms with Gasteiger partial charge in [-0.2, -0.15) is 0 Å². The highest BCUT2D eigenvalue weighted by Crippen LogP contribution is 2.24. The molecule has 7 N–H and O–H groups in total. The van der Waals surface area contributed by atoms with Gasteiger partial charge in [-0.1, -0.05) is 13.8 Å². The van der Waals surface area contributed by atoms with Gasteiger partial charge in [0.2, 0.25) is 0 Å². The number of hydrogen-bond acceptors (Lipinski definition) is 6. The Labute approximate surface area is 130 Å². The molecule has 0 rings (SSSR count). The van der Waals surface area contributed by atoms with Crippen LogP contribution < -0.4 is 17.6 Å². The molecular weight excluding hydrogens is 270 g/mol. The summed E-state index contributed by atoms with van der Waals surface area (Å²) in [5, 5.41) is 0. The van der Waals surface area contributed by atoms with E-state index in [0.29, 0.717) is 46.1 Å². The molecule has 0 atom stereocenters. The third kappa shape index (κ3) is 12.0. The van der Waals surface area contributed by atoms with Gasteiger partial charge in [-0.15, -0.1) is 0 Å². The second kappa shape index (κ2) is 16.1. The lowest BCUT2D eigenvalue weighted by atomic mass is 9.88. The topological polar surface area (TPSA) is 115 Å². The van der Waals surface area contributed by atoms with Crippen molar-refractivity contribution < 1.29 is 14.2 Å². The molecule has 0 spiro atoms. The zero-order chi connectivity index (χ0) is 15.1. The SMILES string of the molecule is CCCOCC(CC)(COCCCN)COCCCN.N. The molecule has 6 heteroatoms. The molecule has 6 nitrogen and oxygen atoms in total. The predicted molar refractivity (Wildman–Crippen MR) is 87.8 cm³/mol. The molecule has 0 unspecified atom stereocenters. The Morgan fingerprint density at radius 1 is 0.762 bits per heavy atom. The quantitative estimate of drug-likeness (QED) is 0.397. The smallest absolute Gasteiger partial charge is 0.0566 e. The number of rotatable bonds is 15. The first-order chi connectivity index (χ1) is 9.74. The van der Waals surface area contributed by atoms with Crippen LogP contribution in [0.4, 0.5) is 0 Å². The molecule has 21 heavy (non-hydrogen) atoms. The summed E-state index contributed by atoms with van der Waals surface area (Å²) in [5.41, 5.74) is 10.9. The molecule has 0 saturated carbocycles. The molecule has 0 fully saturated rings. The minimum atomic E-state index is -0.0572. The van der Waals surface area contributed by atoms with Crippen molar-refractivity contribution in [3.63, 3.8) is 0 Å². The van der Waals surface area contributed by atoms with Crippen LogP contribution >= 0.6 is 0 Å². The van der Waals surface area contributed by atoms with E-state index in [-0.39, 0.29) is 11.6 Å². The first-order valence-corrected chi connectivity index (χ1v) is 7.88. The number of hydrogen-bond donors (Lipinski definition) is 3. The molecule has 0 bridgehead atoms. The molecule has 0 amide bonds. The van der Waals surface area contributed by atoms with E-state index in [1.807, 2.05) is 0 Å². The summed E-state index contributed by atoms with van der Waals surface area (Å²) in [6, 6.07) is 0. The lowest BCUT2D eigenvalue weighted by Crippen LogP contribution is -2.37. The van der Waals surface area contributed by atoms with Gasteiger partial charge in [-0.25, -0.2) is 0 Å². The van der Waals surface area contributed by atoms with Crippen LogP contribution in [-0.4, -0.2) is 52.7 Å². The molecule has 0 aromatic rings. The van der Waals surface area contributed by atoms with Gasteiger partial charge in [-0.3, -0.25) is 0 Å². The maximum atomic E-state index is 5.75. The molecular formula is C15H37N3O3. The lowest BCUT2D eigenvalue weighted by Gasteiger charge is -2.32. The first-order valence-electron chi connectivity index (χ1n) is 7.88. The number of ether oxygens (including phenoxy) is 3. The average molecular weight is 307 g/mol. The van der Waals surface area contributed by atoms with Crippen molar-refractivity contribution in [1.29, 1.82) is 0 Å². The van der Waals surface area contributed by atoms with E-state index < -0.39 is 0 Å². The summed E-state index contributed by atoms with van der Waals surface area (Å²) in [5.74, 6) is 0. The van der Waals surface area contributed by atoms with E-state index in [4.69, 9.17) is 25.7 Å². The van der Waals surface area contributed by atoms with Crippen LogP contribution in [0.2, 0.25) is 0 Å². The molecule has 0 radical (unpaired) electrons. The van der Waals surface area contributed by atoms with Crippen LogP contribution in [0.5, 0.6) is 0 Å². The van der Waals surface area contributed by atoms with Gasteiger partial charge in [0.05, 0.1) is 19.8 Å². The highest BCUT2D eigenvalue weighted by Gasteiger charge is 2.29. The Bertz CT molecular complexity index is 195. The lowest BCUT2D eigenvalue weighted by molar-refractivity contribution is -0.0715. The average Bonchev–Trinajstić information content (AvgIpc) is 2.47. The van der Waals surface area contributed by atoms with Crippen LogP contribution in [0.15, 0.2) is 0 Å². The van der Waals surface area contributed by atoms with Gasteiger partial charge in [0.15, 0.2) is 0 Å². The Morgan fingerprint density at radius 2 is 1.19 bits per heavy atom. The van der Waals surface area contributed by atoms with Crippen LogP contribution in [0.25, 0.3) is 0 Å². The molecule has 0 aromatic heterocycles. The molecule has 0 aliphatic rings. The molecule has 0 saturated heterocycles. The van der Waals surface area contributed by atoms with Gasteiger partial charge in [0, 0.05) is 25.2 Å². The molecule has 0 aliphatic carbocycles. The third-order valence-corrected chi connectivity index (χ3v) is 3.31. The van der Waals surface area contributed by atoms with Crippen molar-refractivity contribution in [3.8, 4) is 0 Å². The van der Waals surface area contributed by atoms with E-state index in [9.17, 15) is 0 Å². The van der Waals surface area contributed by atoms with Gasteiger partial charge in [-0.05, 0) is 38.8 Å². The van der Waals surface area contributed by atoms with Crippen molar-refractivity contribution in [2.75, 3.05) is 52.7 Å². The Morgan fingerprint density at radius 3 is 1.52 bits per heavy atom. The molecule has 0 aromatic carbocycles. The van der Waals surface area contributed by atoms with Crippen molar-refractivity contribution in [2.45, 2.75) is 39.5 Å². The maximum absolute atomic E-state index is 5.75. The highest BCUT2D eigenvalue weighted by molar-refractivity contribution is 4.77. The summed E-state index contributed by atoms with van der Waals surface area (Å²) >= 11 is 0. The highest BCUT2D eigenvalue weighted by atomic mass is 16.5. The predicted octanol–water partition coefficient (Wildman–Crippen LogP) is 1.70. The first kappa shape index (κ1) is 23.0. The van der Waals surface area contributed by atoms with E-state index in [1.54, 1.807) is 0 Å². The van der Waals surface area contributed by atoms with Crippen molar-refractivity contribution in [1.82, 2.24) is 6.15 Å². The summed E-state index contributed by atoms with van der Waals surface area (Å²) in [4.78, 5) is 0. The normalized spacial score (nSPS) is 11.4. The Balaban J connectivity index is 0. The van der Waals surface area contributed by atoms with Gasteiger partial charge < -0.3 is 31.8 Å². The fraction of sp³-hybridized carbons (Fsp3) is 1.00. The second-order valence-electron chi connectivity index (χ2n) is 5.30. The van der Waals surface area contributed by atoms with Gasteiger partial charge in [0.25, 0.3) is 0 Å². The number of nitrogens with two attached hydrogens (primary N) is 2. The van der Waals surface area contributed by atoms with Crippen LogP contribution in [-0.2, 0) is 14.2 Å². The zero-order valence-electron chi connectivity index (χ0n) is 14.1. The summed E-state index contributed by atoms with van der Waals surface area (Å²) in [7, 11) is 0. The second-order valence-corrected chi connectivity index (χ2v) is 5.30. The van der Waals surface area contributed by atoms with Gasteiger partial charge in [0.1, 0.15) is 0 Å².